The highest BCUT2D eigenvalue weighted by Gasteiger charge is 2.24. The van der Waals surface area contributed by atoms with Gasteiger partial charge in [0.1, 0.15) is 11.2 Å². The molecule has 8 aromatic carbocycles. The van der Waals surface area contributed by atoms with Crippen LogP contribution >= 0.6 is 0 Å². The second-order valence-electron chi connectivity index (χ2n) is 14.0. The molecule has 0 saturated heterocycles. The van der Waals surface area contributed by atoms with Gasteiger partial charge >= 0.3 is 0 Å². The first-order valence-corrected chi connectivity index (χ1v) is 18.5. The van der Waals surface area contributed by atoms with Crippen LogP contribution in [0.2, 0.25) is 0 Å². The third-order valence-corrected chi connectivity index (χ3v) is 11.0. The summed E-state index contributed by atoms with van der Waals surface area (Å²) >= 11 is 0. The summed E-state index contributed by atoms with van der Waals surface area (Å²) in [6, 6.07) is 61.4. The maximum atomic E-state index is 6.32. The van der Waals surface area contributed by atoms with Crippen LogP contribution in [0.1, 0.15) is 0 Å². The second-order valence-corrected chi connectivity index (χ2v) is 14.0. The Morgan fingerprint density at radius 3 is 1.80 bits per heavy atom. The smallest absolute Gasteiger partial charge is 0.238 e. The molecule has 0 aliphatic heterocycles. The molecular formula is C49H29N5O. The van der Waals surface area contributed by atoms with E-state index in [1.54, 1.807) is 0 Å². The van der Waals surface area contributed by atoms with E-state index in [9.17, 15) is 0 Å². The lowest BCUT2D eigenvalue weighted by Crippen LogP contribution is -2.06. The molecule has 55 heavy (non-hydrogen) atoms. The summed E-state index contributed by atoms with van der Waals surface area (Å²) in [4.78, 5) is 15.7. The van der Waals surface area contributed by atoms with Crippen molar-refractivity contribution in [1.29, 1.82) is 0 Å². The topological polar surface area (TPSA) is 61.7 Å². The molecule has 0 atom stereocenters. The predicted octanol–water partition coefficient (Wildman–Crippen LogP) is 12.5. The highest BCUT2D eigenvalue weighted by atomic mass is 16.3. The van der Waals surface area contributed by atoms with E-state index < -0.39 is 0 Å². The highest BCUT2D eigenvalue weighted by molar-refractivity contribution is 6.33. The molecule has 6 nitrogen and oxygen atoms in total. The molecule has 12 rings (SSSR count). The van der Waals surface area contributed by atoms with Gasteiger partial charge in [0.2, 0.25) is 5.95 Å². The minimum absolute atomic E-state index is 0.551. The minimum atomic E-state index is 0.551. The maximum absolute atomic E-state index is 6.32. The van der Waals surface area contributed by atoms with Crippen molar-refractivity contribution < 1.29 is 4.42 Å². The van der Waals surface area contributed by atoms with Crippen molar-refractivity contribution in [2.75, 3.05) is 0 Å². The quantitative estimate of drug-likeness (QED) is 0.183. The number of benzene rings is 8. The Kier molecular flexibility index (Phi) is 6.24. The van der Waals surface area contributed by atoms with E-state index in [1.165, 1.54) is 32.3 Å². The molecule has 256 valence electrons. The molecule has 0 spiro atoms. The molecule has 0 amide bonds. The molecule has 0 N–H and O–H groups in total. The van der Waals surface area contributed by atoms with Gasteiger partial charge in [-0.2, -0.15) is 9.97 Å². The van der Waals surface area contributed by atoms with Crippen LogP contribution in [0, 0.1) is 0 Å². The van der Waals surface area contributed by atoms with Crippen LogP contribution < -0.4 is 0 Å². The maximum Gasteiger partial charge on any atom is 0.238 e. The van der Waals surface area contributed by atoms with Gasteiger partial charge in [0.25, 0.3) is 0 Å². The van der Waals surface area contributed by atoms with Gasteiger partial charge in [-0.3, -0.25) is 4.57 Å². The molecule has 0 aliphatic carbocycles. The van der Waals surface area contributed by atoms with Crippen LogP contribution in [0.4, 0.5) is 0 Å². The molecule has 6 heteroatoms. The first-order valence-electron chi connectivity index (χ1n) is 18.5. The Hall–Kier alpha value is -7.57. The molecule has 0 bridgehead atoms. The van der Waals surface area contributed by atoms with E-state index in [0.717, 1.165) is 60.8 Å². The van der Waals surface area contributed by atoms with Crippen LogP contribution in [0.5, 0.6) is 0 Å². The average Bonchev–Trinajstić information content (AvgIpc) is 3.91. The first kappa shape index (κ1) is 29.9. The zero-order valence-electron chi connectivity index (χ0n) is 29.4. The fourth-order valence-corrected chi connectivity index (χ4v) is 8.57. The SMILES string of the molecule is c1ccc(-c2nc(-c3ccc4c(c3)oc3ccccc34)nc(-n3c4ccc5ccccc5c4c4c5c6ccccc6n(-c6ccccc6)c5ccc43)n2)cc1. The number of furan rings is 1. The Bertz CT molecular complexity index is 3490. The monoisotopic (exact) mass is 703 g/mol. The normalized spacial score (nSPS) is 12.0. The Morgan fingerprint density at radius 2 is 0.964 bits per heavy atom. The summed E-state index contributed by atoms with van der Waals surface area (Å²) in [5.74, 6) is 1.72. The summed E-state index contributed by atoms with van der Waals surface area (Å²) in [7, 11) is 0. The first-order chi connectivity index (χ1) is 27.3. The van der Waals surface area contributed by atoms with Gasteiger partial charge in [0.05, 0.1) is 22.1 Å². The van der Waals surface area contributed by atoms with E-state index >= 15 is 0 Å². The minimum Gasteiger partial charge on any atom is -0.456 e. The Labute approximate surface area is 314 Å². The standard InChI is InChI=1S/C49H29N5O/c1-3-14-31(15-4-1)47-50-48(32-23-25-36-35-19-10-12-22-42(35)55-43(36)29-32)52-49(51-47)54-40-26-24-30-13-7-8-18-34(30)44(40)46-41(54)28-27-39-45(46)37-20-9-11-21-38(37)53(39)33-16-5-2-6-17-33/h1-29H. The highest BCUT2D eigenvalue weighted by Crippen LogP contribution is 2.44. The van der Waals surface area contributed by atoms with E-state index in [4.69, 9.17) is 19.4 Å². The molecule has 12 aromatic rings. The lowest BCUT2D eigenvalue weighted by atomic mass is 10.0. The van der Waals surface area contributed by atoms with Crippen LogP contribution in [0.3, 0.4) is 0 Å². The van der Waals surface area contributed by atoms with Gasteiger partial charge in [-0.15, -0.1) is 0 Å². The zero-order valence-corrected chi connectivity index (χ0v) is 29.4. The molecule has 0 aliphatic rings. The van der Waals surface area contributed by atoms with Crippen molar-refractivity contribution in [2.45, 2.75) is 0 Å². The van der Waals surface area contributed by atoms with Gasteiger partial charge in [-0.25, -0.2) is 4.98 Å². The second kappa shape index (κ2) is 11.5. The van der Waals surface area contributed by atoms with Gasteiger partial charge in [0.15, 0.2) is 11.6 Å². The van der Waals surface area contributed by atoms with Crippen LogP contribution in [0.15, 0.2) is 180 Å². The molecule has 4 aromatic heterocycles. The lowest BCUT2D eigenvalue weighted by molar-refractivity contribution is 0.669. The summed E-state index contributed by atoms with van der Waals surface area (Å²) in [5.41, 5.74) is 8.90. The van der Waals surface area contributed by atoms with E-state index in [0.29, 0.717) is 17.6 Å². The summed E-state index contributed by atoms with van der Waals surface area (Å²) in [6.07, 6.45) is 0. The van der Waals surface area contributed by atoms with Crippen molar-refractivity contribution in [1.82, 2.24) is 24.1 Å². The molecule has 0 radical (unpaired) electrons. The van der Waals surface area contributed by atoms with Crippen molar-refractivity contribution in [3.8, 4) is 34.4 Å². The summed E-state index contributed by atoms with van der Waals surface area (Å²) in [5, 5.41) is 9.24. The predicted molar refractivity (Wildman–Crippen MR) is 224 cm³/mol. The lowest BCUT2D eigenvalue weighted by Gasteiger charge is -2.11. The van der Waals surface area contributed by atoms with Crippen molar-refractivity contribution >= 4 is 76.3 Å². The van der Waals surface area contributed by atoms with E-state index in [2.05, 4.69) is 130 Å². The fraction of sp³-hybridized carbons (Fsp3) is 0. The number of rotatable bonds is 4. The number of fused-ring (bicyclic) bond motifs is 12. The average molecular weight is 704 g/mol. The number of aromatic nitrogens is 5. The Morgan fingerprint density at radius 1 is 0.364 bits per heavy atom. The Balaban J connectivity index is 1.21. The van der Waals surface area contributed by atoms with E-state index in [1.807, 2.05) is 54.6 Å². The third-order valence-electron chi connectivity index (χ3n) is 11.0. The number of nitrogens with zero attached hydrogens (tertiary/aromatic N) is 5. The van der Waals surface area contributed by atoms with E-state index in [-0.39, 0.29) is 0 Å². The van der Waals surface area contributed by atoms with Crippen molar-refractivity contribution in [3.05, 3.63) is 176 Å². The number of hydrogen-bond donors (Lipinski definition) is 0. The number of hydrogen-bond acceptors (Lipinski definition) is 4. The number of para-hydroxylation sites is 3. The van der Waals surface area contributed by atoms with Crippen LogP contribution in [0.25, 0.3) is 111 Å². The summed E-state index contributed by atoms with van der Waals surface area (Å²) < 4.78 is 10.9. The fourth-order valence-electron chi connectivity index (χ4n) is 8.57. The third kappa shape index (κ3) is 4.39. The van der Waals surface area contributed by atoms with Crippen molar-refractivity contribution in [2.24, 2.45) is 0 Å². The zero-order chi connectivity index (χ0) is 36.0. The van der Waals surface area contributed by atoms with Crippen LogP contribution in [-0.4, -0.2) is 24.1 Å². The summed E-state index contributed by atoms with van der Waals surface area (Å²) in [6.45, 7) is 0. The molecular weight excluding hydrogens is 675 g/mol. The van der Waals surface area contributed by atoms with Gasteiger partial charge < -0.3 is 8.98 Å². The molecule has 4 heterocycles. The van der Waals surface area contributed by atoms with Gasteiger partial charge in [0, 0.05) is 49.1 Å². The van der Waals surface area contributed by atoms with Crippen molar-refractivity contribution in [3.63, 3.8) is 0 Å². The largest absolute Gasteiger partial charge is 0.456 e. The molecule has 0 unspecified atom stereocenters. The van der Waals surface area contributed by atoms with Crippen LogP contribution in [-0.2, 0) is 0 Å². The molecule has 0 saturated carbocycles. The van der Waals surface area contributed by atoms with Gasteiger partial charge in [-0.1, -0.05) is 121 Å². The van der Waals surface area contributed by atoms with Gasteiger partial charge in [-0.05, 0) is 65.4 Å². The molecule has 0 fully saturated rings.